The Morgan fingerprint density at radius 3 is 2.74 bits per heavy atom. The third kappa shape index (κ3) is 3.99. The molecule has 1 aromatic carbocycles. The van der Waals surface area contributed by atoms with Crippen molar-refractivity contribution < 1.29 is 24.1 Å². The van der Waals surface area contributed by atoms with Gasteiger partial charge in [0.1, 0.15) is 24.4 Å². The average molecular weight is 429 g/mol. The van der Waals surface area contributed by atoms with Crippen molar-refractivity contribution in [1.29, 1.82) is 0 Å². The molecule has 164 valence electrons. The molecule has 0 saturated carbocycles. The zero-order chi connectivity index (χ0) is 21.4. The summed E-state index contributed by atoms with van der Waals surface area (Å²) in [5.41, 5.74) is 2.00. The number of aliphatic hydroxyl groups is 2. The van der Waals surface area contributed by atoms with Gasteiger partial charge >= 0.3 is 0 Å². The third-order valence-electron chi connectivity index (χ3n) is 5.87. The molecule has 5 atom stereocenters. The summed E-state index contributed by atoms with van der Waals surface area (Å²) in [6, 6.07) is 6.37. The van der Waals surface area contributed by atoms with E-state index in [1.54, 1.807) is 23.0 Å². The number of hydrogen-bond acceptors (Lipinski definition) is 8. The lowest BCUT2D eigenvalue weighted by Gasteiger charge is -2.17. The van der Waals surface area contributed by atoms with Crippen molar-refractivity contribution in [2.75, 3.05) is 18.5 Å². The summed E-state index contributed by atoms with van der Waals surface area (Å²) in [4.78, 5) is 13.0. The summed E-state index contributed by atoms with van der Waals surface area (Å²) in [6.45, 7) is 1.32. The monoisotopic (exact) mass is 429 g/mol. The third-order valence-corrected chi connectivity index (χ3v) is 5.87. The van der Waals surface area contributed by atoms with Crippen molar-refractivity contribution in [3.63, 3.8) is 0 Å². The van der Waals surface area contributed by atoms with Gasteiger partial charge in [-0.1, -0.05) is 12.1 Å². The lowest BCUT2D eigenvalue weighted by Crippen LogP contribution is -2.31. The van der Waals surface area contributed by atoms with Gasteiger partial charge in [-0.15, -0.1) is 0 Å². The number of ether oxygens (including phenoxy) is 2. The molecule has 0 radical (unpaired) electrons. The zero-order valence-electron chi connectivity index (χ0n) is 16.8. The van der Waals surface area contributed by atoms with Gasteiger partial charge in [0.2, 0.25) is 0 Å². The second-order valence-corrected chi connectivity index (χ2v) is 7.96. The molecule has 2 fully saturated rings. The molecule has 3 aromatic rings. The minimum atomic E-state index is -1.13. The molecule has 2 aliphatic rings. The molecule has 4 heterocycles. The van der Waals surface area contributed by atoms with E-state index < -0.39 is 24.5 Å². The van der Waals surface area contributed by atoms with Crippen molar-refractivity contribution in [3.8, 4) is 0 Å². The summed E-state index contributed by atoms with van der Waals surface area (Å²) >= 11 is 0. The Hall–Kier alpha value is -2.66. The van der Waals surface area contributed by atoms with Crippen LogP contribution in [0.1, 0.15) is 24.6 Å². The molecule has 0 bridgehead atoms. The predicted molar refractivity (Wildman–Crippen MR) is 109 cm³/mol. The van der Waals surface area contributed by atoms with Crippen molar-refractivity contribution in [1.82, 2.24) is 19.5 Å². The van der Waals surface area contributed by atoms with Gasteiger partial charge in [0.05, 0.1) is 25.1 Å². The molecule has 0 unspecified atom stereocenters. The molecule has 2 aliphatic heterocycles. The van der Waals surface area contributed by atoms with Gasteiger partial charge in [0.15, 0.2) is 23.2 Å². The fourth-order valence-electron chi connectivity index (χ4n) is 4.14. The van der Waals surface area contributed by atoms with E-state index in [1.807, 2.05) is 0 Å². The number of anilines is 1. The summed E-state index contributed by atoms with van der Waals surface area (Å²) in [5.74, 6) is 0.305. The van der Waals surface area contributed by atoms with Crippen LogP contribution in [0, 0.1) is 5.82 Å². The average Bonchev–Trinajstić information content (AvgIpc) is 3.50. The van der Waals surface area contributed by atoms with Gasteiger partial charge in [0.25, 0.3) is 0 Å². The first kappa shape index (κ1) is 20.3. The van der Waals surface area contributed by atoms with Crippen LogP contribution >= 0.6 is 0 Å². The van der Waals surface area contributed by atoms with Gasteiger partial charge in [0, 0.05) is 6.61 Å². The van der Waals surface area contributed by atoms with Gasteiger partial charge in [-0.2, -0.15) is 0 Å². The van der Waals surface area contributed by atoms with Gasteiger partial charge < -0.3 is 25.0 Å². The van der Waals surface area contributed by atoms with Crippen molar-refractivity contribution in [3.05, 3.63) is 48.3 Å². The predicted octanol–water partition coefficient (Wildman–Crippen LogP) is 1.42. The Bertz CT molecular complexity index is 1040. The number of nitrogens with zero attached hydrogens (tertiary/aromatic N) is 4. The van der Waals surface area contributed by atoms with E-state index in [0.717, 1.165) is 12.0 Å². The number of benzene rings is 1. The molecule has 0 aliphatic carbocycles. The highest BCUT2D eigenvalue weighted by atomic mass is 19.1. The Morgan fingerprint density at radius 1 is 1.13 bits per heavy atom. The van der Waals surface area contributed by atoms with Crippen LogP contribution < -0.4 is 5.32 Å². The number of aryl methyl sites for hydroxylation is 1. The smallest absolute Gasteiger partial charge is 0.167 e. The zero-order valence-corrected chi connectivity index (χ0v) is 16.8. The highest BCUT2D eigenvalue weighted by molar-refractivity contribution is 5.82. The summed E-state index contributed by atoms with van der Waals surface area (Å²) < 4.78 is 26.1. The number of aliphatic hydroxyl groups excluding tert-OH is 2. The SMILES string of the molecule is O[C@@H]1[C@H](O)[C@@H](CCc2ccc(F)cc2)O[C@H]1n1cnc2c(N[C@@H]3CCOC3)ncnc21. The number of rotatable bonds is 6. The molecule has 5 rings (SSSR count). The van der Waals surface area contributed by atoms with Crippen molar-refractivity contribution >= 4 is 17.0 Å². The quantitative estimate of drug-likeness (QED) is 0.539. The fraction of sp³-hybridized carbons (Fsp3) is 0.476. The molecule has 2 saturated heterocycles. The Kier molecular flexibility index (Phi) is 5.53. The van der Waals surface area contributed by atoms with Crippen LogP contribution in [0.3, 0.4) is 0 Å². The summed E-state index contributed by atoms with van der Waals surface area (Å²) in [6.07, 6.45) is 1.35. The molecular weight excluding hydrogens is 405 g/mol. The Morgan fingerprint density at radius 2 is 1.97 bits per heavy atom. The number of imidazole rings is 1. The first-order valence-corrected chi connectivity index (χ1v) is 10.4. The normalized spacial score (nSPS) is 28.4. The second-order valence-electron chi connectivity index (χ2n) is 7.96. The highest BCUT2D eigenvalue weighted by Gasteiger charge is 2.44. The maximum atomic E-state index is 13.1. The Labute approximate surface area is 177 Å². The van der Waals surface area contributed by atoms with E-state index in [9.17, 15) is 14.6 Å². The lowest BCUT2D eigenvalue weighted by atomic mass is 10.0. The molecule has 31 heavy (non-hydrogen) atoms. The lowest BCUT2D eigenvalue weighted by molar-refractivity contribution is -0.0367. The second kappa shape index (κ2) is 8.46. The van der Waals surface area contributed by atoms with Crippen molar-refractivity contribution in [2.24, 2.45) is 0 Å². The van der Waals surface area contributed by atoms with Crippen LogP contribution in [-0.4, -0.2) is 67.3 Å². The molecule has 9 nitrogen and oxygen atoms in total. The van der Waals surface area contributed by atoms with Gasteiger partial charge in [-0.3, -0.25) is 4.57 Å². The topological polar surface area (TPSA) is 115 Å². The van der Waals surface area contributed by atoms with Crippen LogP contribution in [-0.2, 0) is 15.9 Å². The molecule has 0 amide bonds. The number of hydrogen-bond donors (Lipinski definition) is 3. The van der Waals surface area contributed by atoms with Crippen LogP contribution in [0.15, 0.2) is 36.9 Å². The van der Waals surface area contributed by atoms with E-state index in [0.29, 0.717) is 43.0 Å². The minimum Gasteiger partial charge on any atom is -0.388 e. The molecule has 0 spiro atoms. The largest absolute Gasteiger partial charge is 0.388 e. The maximum Gasteiger partial charge on any atom is 0.167 e. The van der Waals surface area contributed by atoms with E-state index in [4.69, 9.17) is 9.47 Å². The molecule has 10 heteroatoms. The maximum absolute atomic E-state index is 13.1. The first-order chi connectivity index (χ1) is 15.1. The van der Waals surface area contributed by atoms with Gasteiger partial charge in [-0.25, -0.2) is 19.3 Å². The number of fused-ring (bicyclic) bond motifs is 1. The summed E-state index contributed by atoms with van der Waals surface area (Å²) in [7, 11) is 0. The minimum absolute atomic E-state index is 0.161. The molecule has 2 aromatic heterocycles. The number of halogens is 1. The van der Waals surface area contributed by atoms with E-state index in [2.05, 4.69) is 20.3 Å². The highest BCUT2D eigenvalue weighted by Crippen LogP contribution is 2.34. The van der Waals surface area contributed by atoms with E-state index in [-0.39, 0.29) is 11.9 Å². The number of aromatic nitrogens is 4. The molecular formula is C21H24FN5O4. The van der Waals surface area contributed by atoms with Gasteiger partial charge in [-0.05, 0) is 37.0 Å². The van der Waals surface area contributed by atoms with Crippen LogP contribution in [0.25, 0.3) is 11.2 Å². The van der Waals surface area contributed by atoms with Crippen LogP contribution in [0.5, 0.6) is 0 Å². The van der Waals surface area contributed by atoms with E-state index in [1.165, 1.54) is 18.5 Å². The molecule has 3 N–H and O–H groups in total. The van der Waals surface area contributed by atoms with E-state index >= 15 is 0 Å². The van der Waals surface area contributed by atoms with Crippen molar-refractivity contribution in [2.45, 2.75) is 49.8 Å². The standard InChI is InChI=1S/C21H24FN5O4/c22-13-4-1-12(2-5-13)3-6-15-17(28)18(29)21(31-15)27-11-25-16-19(23-10-24-20(16)27)26-14-7-8-30-9-14/h1-2,4-5,10-11,14-15,17-18,21,28-29H,3,6-9H2,(H,23,24,26)/t14-,15-,17-,18-,21-/m1/s1. The van der Waals surface area contributed by atoms with Crippen LogP contribution in [0.2, 0.25) is 0 Å². The van der Waals surface area contributed by atoms with Crippen LogP contribution in [0.4, 0.5) is 10.2 Å². The fourth-order valence-corrected chi connectivity index (χ4v) is 4.14. The first-order valence-electron chi connectivity index (χ1n) is 10.4. The Balaban J connectivity index is 1.33. The number of nitrogens with one attached hydrogen (secondary N) is 1. The summed E-state index contributed by atoms with van der Waals surface area (Å²) in [5, 5.41) is 24.5.